The number of hydrogen-bond acceptors (Lipinski definition) is 3. The summed E-state index contributed by atoms with van der Waals surface area (Å²) in [5.41, 5.74) is 1.31. The van der Waals surface area contributed by atoms with E-state index in [2.05, 4.69) is 30.5 Å². The van der Waals surface area contributed by atoms with Crippen LogP contribution in [0.2, 0.25) is 0 Å². The van der Waals surface area contributed by atoms with E-state index in [1.165, 1.54) is 5.56 Å². The van der Waals surface area contributed by atoms with Crippen LogP contribution in [0.4, 0.5) is 0 Å². The molecule has 2 atom stereocenters. The van der Waals surface area contributed by atoms with Crippen molar-refractivity contribution in [3.8, 4) is 0 Å². The molecule has 0 saturated carbocycles. The molecule has 1 N–H and O–H groups in total. The summed E-state index contributed by atoms with van der Waals surface area (Å²) in [6, 6.07) is 0.564. The molecule has 17 heavy (non-hydrogen) atoms. The Morgan fingerprint density at radius 1 is 1.65 bits per heavy atom. The Balaban J connectivity index is 1.83. The lowest BCUT2D eigenvalue weighted by molar-refractivity contribution is -0.0781. The first-order chi connectivity index (χ1) is 8.11. The number of rotatable bonds is 4. The topological polar surface area (TPSA) is 39.1 Å². The van der Waals surface area contributed by atoms with Crippen molar-refractivity contribution in [1.82, 2.24) is 15.1 Å². The van der Waals surface area contributed by atoms with Gasteiger partial charge in [-0.25, -0.2) is 0 Å². The standard InChI is InChI=1S/C13H23N3O/c1-4-13(2)7-12(5-6-17-13)14-8-11-9-15-16(3)10-11/h9-10,12,14H,4-8H2,1-3H3. The molecule has 0 aromatic carbocycles. The fourth-order valence-corrected chi connectivity index (χ4v) is 2.38. The highest BCUT2D eigenvalue weighted by Gasteiger charge is 2.31. The molecule has 2 unspecified atom stereocenters. The van der Waals surface area contributed by atoms with Crippen molar-refractivity contribution in [1.29, 1.82) is 0 Å². The van der Waals surface area contributed by atoms with Crippen LogP contribution >= 0.6 is 0 Å². The minimum absolute atomic E-state index is 0.0604. The van der Waals surface area contributed by atoms with Crippen molar-refractivity contribution < 1.29 is 4.74 Å². The predicted molar refractivity (Wildman–Crippen MR) is 67.7 cm³/mol. The van der Waals surface area contributed by atoms with E-state index in [0.717, 1.165) is 32.4 Å². The lowest BCUT2D eigenvalue weighted by Gasteiger charge is -2.38. The smallest absolute Gasteiger partial charge is 0.0666 e. The van der Waals surface area contributed by atoms with Gasteiger partial charge in [0, 0.05) is 38.0 Å². The van der Waals surface area contributed by atoms with Gasteiger partial charge < -0.3 is 10.1 Å². The van der Waals surface area contributed by atoms with E-state index in [1.807, 2.05) is 17.9 Å². The zero-order valence-electron chi connectivity index (χ0n) is 11.1. The third-order valence-electron chi connectivity index (χ3n) is 3.70. The Morgan fingerprint density at radius 3 is 3.12 bits per heavy atom. The molecule has 1 aliphatic rings. The highest BCUT2D eigenvalue weighted by molar-refractivity contribution is 5.03. The normalized spacial score (nSPS) is 29.5. The highest BCUT2D eigenvalue weighted by atomic mass is 16.5. The summed E-state index contributed by atoms with van der Waals surface area (Å²) in [6.45, 7) is 6.18. The third kappa shape index (κ3) is 3.30. The fourth-order valence-electron chi connectivity index (χ4n) is 2.38. The van der Waals surface area contributed by atoms with Crippen LogP contribution in [0.5, 0.6) is 0 Å². The number of ether oxygens (including phenoxy) is 1. The molecule has 1 aromatic rings. The molecule has 4 nitrogen and oxygen atoms in total. The molecule has 2 rings (SSSR count). The van der Waals surface area contributed by atoms with E-state index in [-0.39, 0.29) is 5.60 Å². The van der Waals surface area contributed by atoms with Crippen LogP contribution in [-0.4, -0.2) is 28.0 Å². The van der Waals surface area contributed by atoms with Crippen LogP contribution in [0.1, 0.15) is 38.7 Å². The maximum absolute atomic E-state index is 5.84. The van der Waals surface area contributed by atoms with Gasteiger partial charge in [-0.1, -0.05) is 6.92 Å². The largest absolute Gasteiger partial charge is 0.375 e. The number of nitrogens with one attached hydrogen (secondary N) is 1. The van der Waals surface area contributed by atoms with Gasteiger partial charge in [0.05, 0.1) is 11.8 Å². The fraction of sp³-hybridized carbons (Fsp3) is 0.769. The van der Waals surface area contributed by atoms with Crippen LogP contribution in [0.15, 0.2) is 12.4 Å². The molecule has 1 aliphatic heterocycles. The van der Waals surface area contributed by atoms with Gasteiger partial charge in [-0.2, -0.15) is 5.10 Å². The molecular weight excluding hydrogens is 214 g/mol. The first kappa shape index (κ1) is 12.6. The molecule has 0 amide bonds. The maximum Gasteiger partial charge on any atom is 0.0666 e. The Kier molecular flexibility index (Phi) is 3.84. The van der Waals surface area contributed by atoms with Crippen LogP contribution < -0.4 is 5.32 Å². The lowest BCUT2D eigenvalue weighted by atomic mass is 9.90. The van der Waals surface area contributed by atoms with Gasteiger partial charge in [0.15, 0.2) is 0 Å². The Labute approximate surface area is 103 Å². The molecule has 0 aliphatic carbocycles. The Hall–Kier alpha value is -0.870. The third-order valence-corrected chi connectivity index (χ3v) is 3.70. The van der Waals surface area contributed by atoms with Gasteiger partial charge in [-0.3, -0.25) is 4.68 Å². The molecule has 0 bridgehead atoms. The van der Waals surface area contributed by atoms with Crippen molar-refractivity contribution in [3.63, 3.8) is 0 Å². The first-order valence-corrected chi connectivity index (χ1v) is 6.46. The zero-order valence-corrected chi connectivity index (χ0v) is 11.1. The molecular formula is C13H23N3O. The van der Waals surface area contributed by atoms with Crippen molar-refractivity contribution >= 4 is 0 Å². The molecule has 1 fully saturated rings. The summed E-state index contributed by atoms with van der Waals surface area (Å²) in [5, 5.41) is 7.78. The number of aromatic nitrogens is 2. The van der Waals surface area contributed by atoms with Crippen molar-refractivity contribution in [2.45, 2.75) is 51.3 Å². The second-order valence-electron chi connectivity index (χ2n) is 5.24. The Bertz CT molecular complexity index is 363. The second-order valence-corrected chi connectivity index (χ2v) is 5.24. The van der Waals surface area contributed by atoms with Crippen LogP contribution in [0, 0.1) is 0 Å². The average molecular weight is 237 g/mol. The van der Waals surface area contributed by atoms with E-state index in [9.17, 15) is 0 Å². The summed E-state index contributed by atoms with van der Waals surface area (Å²) in [7, 11) is 1.95. The van der Waals surface area contributed by atoms with Crippen molar-refractivity contribution in [2.24, 2.45) is 7.05 Å². The van der Waals surface area contributed by atoms with Crippen LogP contribution in [0.25, 0.3) is 0 Å². The van der Waals surface area contributed by atoms with Gasteiger partial charge in [-0.15, -0.1) is 0 Å². The number of hydrogen-bond donors (Lipinski definition) is 1. The molecule has 2 heterocycles. The van der Waals surface area contributed by atoms with E-state index in [4.69, 9.17) is 4.74 Å². The minimum atomic E-state index is 0.0604. The van der Waals surface area contributed by atoms with Gasteiger partial charge in [0.2, 0.25) is 0 Å². The SMILES string of the molecule is CCC1(C)CC(NCc2cnn(C)c2)CCO1. The molecule has 96 valence electrons. The minimum Gasteiger partial charge on any atom is -0.375 e. The predicted octanol–water partition coefficient (Wildman–Crippen LogP) is 1.86. The lowest BCUT2D eigenvalue weighted by Crippen LogP contribution is -2.44. The summed E-state index contributed by atoms with van der Waals surface area (Å²) in [6.07, 6.45) is 7.27. The van der Waals surface area contributed by atoms with E-state index in [0.29, 0.717) is 6.04 Å². The molecule has 1 aromatic heterocycles. The van der Waals surface area contributed by atoms with Gasteiger partial charge in [0.1, 0.15) is 0 Å². The average Bonchev–Trinajstić information content (AvgIpc) is 2.73. The monoisotopic (exact) mass is 237 g/mol. The van der Waals surface area contributed by atoms with E-state index >= 15 is 0 Å². The first-order valence-electron chi connectivity index (χ1n) is 6.46. The molecule has 0 spiro atoms. The molecule has 0 radical (unpaired) electrons. The second kappa shape index (κ2) is 5.19. The maximum atomic E-state index is 5.84. The van der Waals surface area contributed by atoms with E-state index in [1.54, 1.807) is 0 Å². The van der Waals surface area contributed by atoms with Crippen molar-refractivity contribution in [3.05, 3.63) is 18.0 Å². The summed E-state index contributed by atoms with van der Waals surface area (Å²) >= 11 is 0. The highest BCUT2D eigenvalue weighted by Crippen LogP contribution is 2.27. The summed E-state index contributed by atoms with van der Waals surface area (Å²) in [5.74, 6) is 0. The summed E-state index contributed by atoms with van der Waals surface area (Å²) in [4.78, 5) is 0. The van der Waals surface area contributed by atoms with Crippen LogP contribution in [-0.2, 0) is 18.3 Å². The number of nitrogens with zero attached hydrogens (tertiary/aromatic N) is 2. The van der Waals surface area contributed by atoms with Crippen molar-refractivity contribution in [2.75, 3.05) is 6.61 Å². The zero-order chi connectivity index (χ0) is 12.3. The quantitative estimate of drug-likeness (QED) is 0.868. The number of aryl methyl sites for hydroxylation is 1. The van der Waals surface area contributed by atoms with E-state index < -0.39 is 0 Å². The van der Waals surface area contributed by atoms with Gasteiger partial charge in [0.25, 0.3) is 0 Å². The van der Waals surface area contributed by atoms with Crippen LogP contribution in [0.3, 0.4) is 0 Å². The van der Waals surface area contributed by atoms with Gasteiger partial charge >= 0.3 is 0 Å². The molecule has 1 saturated heterocycles. The Morgan fingerprint density at radius 2 is 2.47 bits per heavy atom. The summed E-state index contributed by atoms with van der Waals surface area (Å²) < 4.78 is 7.69. The molecule has 4 heteroatoms. The van der Waals surface area contributed by atoms with Gasteiger partial charge in [-0.05, 0) is 26.2 Å².